The van der Waals surface area contributed by atoms with Gasteiger partial charge < -0.3 is 10.0 Å². The number of amides is 1. The van der Waals surface area contributed by atoms with Gasteiger partial charge in [-0.1, -0.05) is 0 Å². The number of aliphatic hydroxyl groups excluding tert-OH is 1. The van der Waals surface area contributed by atoms with Crippen molar-refractivity contribution in [3.63, 3.8) is 0 Å². The van der Waals surface area contributed by atoms with Gasteiger partial charge >= 0.3 is 0 Å². The first-order chi connectivity index (χ1) is 9.56. The van der Waals surface area contributed by atoms with Crippen LogP contribution in [0.1, 0.15) is 16.8 Å². The molecule has 1 heterocycles. The van der Waals surface area contributed by atoms with Crippen molar-refractivity contribution in [1.29, 1.82) is 0 Å². The average Bonchev–Trinajstić information content (AvgIpc) is 2.94. The molecule has 0 spiro atoms. The van der Waals surface area contributed by atoms with Crippen LogP contribution in [0.15, 0.2) is 23.1 Å². The highest BCUT2D eigenvalue weighted by Gasteiger charge is 2.27. The Morgan fingerprint density at radius 1 is 1.60 bits per heavy atom. The molecule has 0 saturated carbocycles. The van der Waals surface area contributed by atoms with Gasteiger partial charge in [0.2, 0.25) is 0 Å². The van der Waals surface area contributed by atoms with Crippen LogP contribution in [-0.4, -0.2) is 46.8 Å². The summed E-state index contributed by atoms with van der Waals surface area (Å²) in [6.07, 6.45) is 2.53. The van der Waals surface area contributed by atoms with E-state index in [-0.39, 0.29) is 24.1 Å². The zero-order valence-corrected chi connectivity index (χ0v) is 11.9. The van der Waals surface area contributed by atoms with Gasteiger partial charge in [-0.2, -0.15) is 0 Å². The molecule has 1 amide bonds. The largest absolute Gasteiger partial charge is 0.396 e. The quantitative estimate of drug-likeness (QED) is 0.520. The van der Waals surface area contributed by atoms with Gasteiger partial charge in [-0.3, -0.25) is 14.9 Å². The number of carbonyl (C=O) groups excluding carboxylic acids is 1. The summed E-state index contributed by atoms with van der Waals surface area (Å²) in [5.74, 6) is -0.101. The van der Waals surface area contributed by atoms with E-state index in [0.717, 1.165) is 6.42 Å². The fourth-order valence-electron chi connectivity index (χ4n) is 2.31. The molecule has 1 unspecified atom stereocenters. The van der Waals surface area contributed by atoms with Crippen molar-refractivity contribution < 1.29 is 14.8 Å². The number of hydrogen-bond donors (Lipinski definition) is 1. The second kappa shape index (κ2) is 6.23. The SMILES string of the molecule is CSc1ccc(C(=O)N2CCC(CO)C2)cc1[N+](=O)[O-]. The molecule has 20 heavy (non-hydrogen) atoms. The fourth-order valence-corrected chi connectivity index (χ4v) is 2.86. The molecule has 0 aliphatic carbocycles. The smallest absolute Gasteiger partial charge is 0.283 e. The Kier molecular flexibility index (Phi) is 4.61. The number of carbonyl (C=O) groups is 1. The van der Waals surface area contributed by atoms with E-state index in [0.29, 0.717) is 23.5 Å². The number of rotatable bonds is 4. The van der Waals surface area contributed by atoms with E-state index >= 15 is 0 Å². The van der Waals surface area contributed by atoms with Crippen LogP contribution in [0.2, 0.25) is 0 Å². The number of benzene rings is 1. The first-order valence-electron chi connectivity index (χ1n) is 6.29. The molecule has 1 aromatic carbocycles. The third kappa shape index (κ3) is 2.94. The molecule has 1 N–H and O–H groups in total. The number of nitrogens with zero attached hydrogens (tertiary/aromatic N) is 2. The van der Waals surface area contributed by atoms with Gasteiger partial charge in [0, 0.05) is 37.2 Å². The zero-order valence-electron chi connectivity index (χ0n) is 11.1. The van der Waals surface area contributed by atoms with Gasteiger partial charge in [-0.15, -0.1) is 11.8 Å². The van der Waals surface area contributed by atoms with Crippen molar-refractivity contribution in [3.8, 4) is 0 Å². The summed E-state index contributed by atoms with van der Waals surface area (Å²) in [5.41, 5.74) is 0.286. The maximum absolute atomic E-state index is 12.3. The van der Waals surface area contributed by atoms with Crippen LogP contribution in [0.4, 0.5) is 5.69 Å². The molecule has 7 heteroatoms. The van der Waals surface area contributed by atoms with Crippen LogP contribution in [-0.2, 0) is 0 Å². The predicted molar refractivity (Wildman–Crippen MR) is 76.0 cm³/mol. The van der Waals surface area contributed by atoms with Crippen LogP contribution in [0.3, 0.4) is 0 Å². The Labute approximate surface area is 120 Å². The zero-order chi connectivity index (χ0) is 14.7. The lowest BCUT2D eigenvalue weighted by molar-refractivity contribution is -0.387. The minimum Gasteiger partial charge on any atom is -0.396 e. The van der Waals surface area contributed by atoms with Crippen LogP contribution in [0.25, 0.3) is 0 Å². The molecule has 1 atom stereocenters. The number of nitro groups is 1. The van der Waals surface area contributed by atoms with Gasteiger partial charge in [-0.05, 0) is 24.8 Å². The Morgan fingerprint density at radius 2 is 2.35 bits per heavy atom. The molecule has 0 aromatic heterocycles. The lowest BCUT2D eigenvalue weighted by atomic mass is 10.1. The summed E-state index contributed by atoms with van der Waals surface area (Å²) in [4.78, 5) is 25.0. The van der Waals surface area contributed by atoms with E-state index in [1.54, 1.807) is 23.3 Å². The summed E-state index contributed by atoms with van der Waals surface area (Å²) in [6.45, 7) is 1.16. The van der Waals surface area contributed by atoms with Crippen molar-refractivity contribution in [2.75, 3.05) is 26.0 Å². The predicted octanol–water partition coefficient (Wildman–Crippen LogP) is 1.77. The minimum atomic E-state index is -0.469. The molecule has 1 aliphatic rings. The number of nitro benzene ring substituents is 1. The van der Waals surface area contributed by atoms with E-state index < -0.39 is 4.92 Å². The lowest BCUT2D eigenvalue weighted by Crippen LogP contribution is -2.29. The van der Waals surface area contributed by atoms with Crippen molar-refractivity contribution in [2.45, 2.75) is 11.3 Å². The van der Waals surface area contributed by atoms with Gasteiger partial charge in [0.05, 0.1) is 9.82 Å². The molecular weight excluding hydrogens is 280 g/mol. The Bertz CT molecular complexity index is 535. The number of hydrogen-bond acceptors (Lipinski definition) is 5. The van der Waals surface area contributed by atoms with E-state index in [9.17, 15) is 14.9 Å². The third-order valence-electron chi connectivity index (χ3n) is 3.45. The van der Waals surface area contributed by atoms with E-state index in [2.05, 4.69) is 0 Å². The van der Waals surface area contributed by atoms with Crippen molar-refractivity contribution in [2.24, 2.45) is 5.92 Å². The van der Waals surface area contributed by atoms with Gasteiger partial charge in [0.1, 0.15) is 0 Å². The molecule has 1 aliphatic heterocycles. The van der Waals surface area contributed by atoms with Gasteiger partial charge in [0.25, 0.3) is 11.6 Å². The minimum absolute atomic E-state index is 0.0405. The molecule has 1 saturated heterocycles. The maximum atomic E-state index is 12.3. The molecule has 0 bridgehead atoms. The van der Waals surface area contributed by atoms with Crippen molar-refractivity contribution in [3.05, 3.63) is 33.9 Å². The summed E-state index contributed by atoms with van der Waals surface area (Å²) in [7, 11) is 0. The second-order valence-corrected chi connectivity index (χ2v) is 5.58. The highest BCUT2D eigenvalue weighted by molar-refractivity contribution is 7.98. The highest BCUT2D eigenvalue weighted by atomic mass is 32.2. The molecule has 0 radical (unpaired) electrons. The molecule has 2 rings (SSSR count). The van der Waals surface area contributed by atoms with E-state index in [1.807, 2.05) is 0 Å². The first kappa shape index (κ1) is 14.8. The topological polar surface area (TPSA) is 83.7 Å². The van der Waals surface area contributed by atoms with E-state index in [1.165, 1.54) is 17.8 Å². The first-order valence-corrected chi connectivity index (χ1v) is 7.52. The van der Waals surface area contributed by atoms with Crippen LogP contribution in [0.5, 0.6) is 0 Å². The van der Waals surface area contributed by atoms with Crippen molar-refractivity contribution >= 4 is 23.4 Å². The molecule has 1 fully saturated rings. The van der Waals surface area contributed by atoms with Gasteiger partial charge in [-0.25, -0.2) is 0 Å². The third-order valence-corrected chi connectivity index (χ3v) is 4.24. The van der Waals surface area contributed by atoms with Crippen LogP contribution in [0, 0.1) is 16.0 Å². The van der Waals surface area contributed by atoms with Gasteiger partial charge in [0.15, 0.2) is 0 Å². The lowest BCUT2D eigenvalue weighted by Gasteiger charge is -2.16. The summed E-state index contributed by atoms with van der Waals surface area (Å²) in [6, 6.07) is 4.56. The van der Waals surface area contributed by atoms with Crippen molar-refractivity contribution in [1.82, 2.24) is 4.90 Å². The number of aliphatic hydroxyl groups is 1. The number of likely N-dealkylation sites (tertiary alicyclic amines) is 1. The highest BCUT2D eigenvalue weighted by Crippen LogP contribution is 2.29. The Hall–Kier alpha value is -1.60. The summed E-state index contributed by atoms with van der Waals surface area (Å²) >= 11 is 1.28. The van der Waals surface area contributed by atoms with E-state index in [4.69, 9.17) is 5.11 Å². The molecule has 108 valence electrons. The monoisotopic (exact) mass is 296 g/mol. The summed E-state index contributed by atoms with van der Waals surface area (Å²) in [5, 5.41) is 20.1. The Morgan fingerprint density at radius 3 is 2.90 bits per heavy atom. The number of thioether (sulfide) groups is 1. The maximum Gasteiger partial charge on any atom is 0.283 e. The molecule has 6 nitrogen and oxygen atoms in total. The van der Waals surface area contributed by atoms with Crippen LogP contribution >= 0.6 is 11.8 Å². The molecular formula is C13H16N2O4S. The fraction of sp³-hybridized carbons (Fsp3) is 0.462. The second-order valence-electron chi connectivity index (χ2n) is 4.73. The Balaban J connectivity index is 2.23. The summed E-state index contributed by atoms with van der Waals surface area (Å²) < 4.78 is 0. The molecule has 1 aromatic rings. The normalized spacial score (nSPS) is 18.3. The standard InChI is InChI=1S/C13H16N2O4S/c1-20-12-3-2-10(6-11(12)15(18)19)13(17)14-5-4-9(7-14)8-16/h2-3,6,9,16H,4-5,7-8H2,1H3. The van der Waals surface area contributed by atoms with Crippen LogP contribution < -0.4 is 0 Å². The average molecular weight is 296 g/mol.